The quantitative estimate of drug-likeness (QED) is 0.411. The lowest BCUT2D eigenvalue weighted by Gasteiger charge is -2.13. The normalized spacial score (nSPS) is 12.5. The van der Waals surface area contributed by atoms with Crippen molar-refractivity contribution in [3.63, 3.8) is 0 Å². The molecule has 0 unspecified atom stereocenters. The summed E-state index contributed by atoms with van der Waals surface area (Å²) in [7, 11) is 0. The van der Waals surface area contributed by atoms with Gasteiger partial charge in [-0.2, -0.15) is 5.26 Å². The molecule has 104 valence electrons. The topological polar surface area (TPSA) is 23.8 Å². The molecule has 0 fully saturated rings. The van der Waals surface area contributed by atoms with E-state index in [-0.39, 0.29) is 0 Å². The number of rotatable bonds is 4. The Kier molecular flexibility index (Phi) is 5.12. The highest BCUT2D eigenvalue weighted by molar-refractivity contribution is 5.99. The van der Waals surface area contributed by atoms with Crippen LogP contribution in [0, 0.1) is 11.3 Å². The van der Waals surface area contributed by atoms with Crippen molar-refractivity contribution >= 4 is 11.1 Å². The minimum Gasteiger partial charge on any atom is -0.192 e. The minimum absolute atomic E-state index is 0.741. The van der Waals surface area contributed by atoms with Gasteiger partial charge in [0.15, 0.2) is 0 Å². The molecule has 2 aromatic rings. The van der Waals surface area contributed by atoms with E-state index in [1.807, 2.05) is 42.5 Å². The molecule has 2 aromatic carbocycles. The van der Waals surface area contributed by atoms with Gasteiger partial charge in [-0.3, -0.25) is 0 Å². The van der Waals surface area contributed by atoms with Crippen molar-refractivity contribution in [2.24, 2.45) is 0 Å². The Labute approximate surface area is 126 Å². The lowest BCUT2D eigenvalue weighted by atomic mass is 9.90. The standard InChI is InChI=1S/C20H19N/c1-3-10-19(15-21)20(18-13-8-5-9-14-18)16(2)17-11-6-4-7-12-17/h4-14H,3H2,1-2H3/b19-10-,20-16+. The molecule has 0 bridgehead atoms. The Hall–Kier alpha value is -2.59. The second-order valence-corrected chi connectivity index (χ2v) is 4.87. The number of nitrogens with zero attached hydrogens (tertiary/aromatic N) is 1. The lowest BCUT2D eigenvalue weighted by molar-refractivity contribution is 1.21. The first-order chi connectivity index (χ1) is 10.3. The van der Waals surface area contributed by atoms with Crippen LogP contribution in [0.4, 0.5) is 0 Å². The van der Waals surface area contributed by atoms with Crippen LogP contribution in [0.25, 0.3) is 11.1 Å². The number of hydrogen-bond acceptors (Lipinski definition) is 1. The van der Waals surface area contributed by atoms with Crippen LogP contribution in [0.1, 0.15) is 31.4 Å². The highest BCUT2D eigenvalue weighted by atomic mass is 14.3. The van der Waals surface area contributed by atoms with Gasteiger partial charge in [-0.25, -0.2) is 0 Å². The van der Waals surface area contributed by atoms with Crippen molar-refractivity contribution in [1.29, 1.82) is 5.26 Å². The molecule has 0 aliphatic rings. The highest BCUT2D eigenvalue weighted by Crippen LogP contribution is 2.31. The van der Waals surface area contributed by atoms with E-state index in [0.29, 0.717) is 0 Å². The van der Waals surface area contributed by atoms with Gasteiger partial charge in [-0.15, -0.1) is 0 Å². The molecular weight excluding hydrogens is 254 g/mol. The van der Waals surface area contributed by atoms with E-state index in [1.165, 1.54) is 0 Å². The first-order valence-electron chi connectivity index (χ1n) is 7.20. The largest absolute Gasteiger partial charge is 0.192 e. The van der Waals surface area contributed by atoms with E-state index in [2.05, 4.69) is 44.2 Å². The fourth-order valence-electron chi connectivity index (χ4n) is 2.42. The lowest BCUT2D eigenvalue weighted by Crippen LogP contribution is -1.93. The maximum absolute atomic E-state index is 9.53. The monoisotopic (exact) mass is 273 g/mol. The third kappa shape index (κ3) is 3.49. The predicted molar refractivity (Wildman–Crippen MR) is 89.4 cm³/mol. The maximum Gasteiger partial charge on any atom is 0.0994 e. The van der Waals surface area contributed by atoms with E-state index >= 15 is 0 Å². The SMILES string of the molecule is CC/C=C(C#N)\C(=C(/C)c1ccccc1)c1ccccc1. The molecule has 0 spiro atoms. The van der Waals surface area contributed by atoms with Crippen LogP contribution >= 0.6 is 0 Å². The Bertz CT molecular complexity index is 686. The fraction of sp³-hybridized carbons (Fsp3) is 0.150. The zero-order chi connectivity index (χ0) is 15.1. The maximum atomic E-state index is 9.53. The van der Waals surface area contributed by atoms with Crippen LogP contribution in [0.5, 0.6) is 0 Å². The summed E-state index contributed by atoms with van der Waals surface area (Å²) in [6.07, 6.45) is 2.84. The van der Waals surface area contributed by atoms with Gasteiger partial charge < -0.3 is 0 Å². The van der Waals surface area contributed by atoms with Gasteiger partial charge in [-0.1, -0.05) is 73.7 Å². The number of hydrogen-bond donors (Lipinski definition) is 0. The van der Waals surface area contributed by atoms with Gasteiger partial charge >= 0.3 is 0 Å². The summed E-state index contributed by atoms with van der Waals surface area (Å²) in [6, 6.07) is 22.7. The fourth-order valence-corrected chi connectivity index (χ4v) is 2.42. The summed E-state index contributed by atoms with van der Waals surface area (Å²) in [6.45, 7) is 4.14. The van der Waals surface area contributed by atoms with Gasteiger partial charge in [0, 0.05) is 5.57 Å². The molecule has 1 nitrogen and oxygen atoms in total. The second-order valence-electron chi connectivity index (χ2n) is 4.87. The predicted octanol–water partition coefficient (Wildman–Crippen LogP) is 5.48. The first-order valence-corrected chi connectivity index (χ1v) is 7.20. The van der Waals surface area contributed by atoms with Crippen molar-refractivity contribution < 1.29 is 0 Å². The number of nitriles is 1. The smallest absolute Gasteiger partial charge is 0.0994 e. The molecule has 2 rings (SSSR count). The molecule has 0 aliphatic carbocycles. The third-order valence-corrected chi connectivity index (χ3v) is 3.44. The van der Waals surface area contributed by atoms with Crippen LogP contribution in [0.2, 0.25) is 0 Å². The summed E-state index contributed by atoms with van der Waals surface area (Å²) < 4.78 is 0. The van der Waals surface area contributed by atoms with Crippen molar-refractivity contribution in [1.82, 2.24) is 0 Å². The summed E-state index contributed by atoms with van der Waals surface area (Å²) in [4.78, 5) is 0. The Morgan fingerprint density at radius 1 is 0.952 bits per heavy atom. The Morgan fingerprint density at radius 2 is 1.48 bits per heavy atom. The van der Waals surface area contributed by atoms with Gasteiger partial charge in [0.05, 0.1) is 11.6 Å². The third-order valence-electron chi connectivity index (χ3n) is 3.44. The van der Waals surface area contributed by atoms with Crippen LogP contribution < -0.4 is 0 Å². The van der Waals surface area contributed by atoms with Gasteiger partial charge in [0.2, 0.25) is 0 Å². The molecular formula is C20H19N. The van der Waals surface area contributed by atoms with Crippen molar-refractivity contribution in [3.05, 3.63) is 83.4 Å². The number of benzene rings is 2. The van der Waals surface area contributed by atoms with Gasteiger partial charge in [0.1, 0.15) is 0 Å². The van der Waals surface area contributed by atoms with E-state index in [0.717, 1.165) is 34.3 Å². The van der Waals surface area contributed by atoms with Crippen LogP contribution in [0.15, 0.2) is 72.3 Å². The minimum atomic E-state index is 0.741. The molecule has 0 atom stereocenters. The average molecular weight is 273 g/mol. The molecule has 0 aromatic heterocycles. The molecule has 0 radical (unpaired) electrons. The Balaban J connectivity index is 2.67. The molecule has 0 N–H and O–H groups in total. The van der Waals surface area contributed by atoms with Crippen LogP contribution in [-0.2, 0) is 0 Å². The highest BCUT2D eigenvalue weighted by Gasteiger charge is 2.12. The van der Waals surface area contributed by atoms with Crippen LogP contribution in [0.3, 0.4) is 0 Å². The molecule has 0 saturated carbocycles. The zero-order valence-corrected chi connectivity index (χ0v) is 12.5. The van der Waals surface area contributed by atoms with Gasteiger partial charge in [0.25, 0.3) is 0 Å². The van der Waals surface area contributed by atoms with Crippen LogP contribution in [-0.4, -0.2) is 0 Å². The molecule has 0 heterocycles. The first kappa shape index (κ1) is 14.8. The Morgan fingerprint density at radius 3 is 1.95 bits per heavy atom. The summed E-state index contributed by atoms with van der Waals surface area (Å²) in [5.41, 5.74) is 5.12. The van der Waals surface area contributed by atoms with E-state index < -0.39 is 0 Å². The van der Waals surface area contributed by atoms with E-state index in [1.54, 1.807) is 0 Å². The molecule has 0 saturated heterocycles. The second kappa shape index (κ2) is 7.26. The van der Waals surface area contributed by atoms with Crippen molar-refractivity contribution in [2.75, 3.05) is 0 Å². The molecule has 0 aliphatic heterocycles. The van der Waals surface area contributed by atoms with Gasteiger partial charge in [-0.05, 0) is 30.0 Å². The molecule has 21 heavy (non-hydrogen) atoms. The summed E-state index contributed by atoms with van der Waals surface area (Å²) >= 11 is 0. The zero-order valence-electron chi connectivity index (χ0n) is 12.5. The van der Waals surface area contributed by atoms with E-state index in [9.17, 15) is 5.26 Å². The van der Waals surface area contributed by atoms with E-state index in [4.69, 9.17) is 0 Å². The molecule has 0 amide bonds. The number of allylic oxidation sites excluding steroid dienone is 4. The molecule has 1 heteroatoms. The van der Waals surface area contributed by atoms with Crippen molar-refractivity contribution in [2.45, 2.75) is 20.3 Å². The summed E-state index contributed by atoms with van der Waals surface area (Å²) in [5, 5.41) is 9.53. The summed E-state index contributed by atoms with van der Waals surface area (Å²) in [5.74, 6) is 0. The average Bonchev–Trinajstić information content (AvgIpc) is 2.56. The van der Waals surface area contributed by atoms with Crippen molar-refractivity contribution in [3.8, 4) is 6.07 Å².